The molecule has 0 saturated carbocycles. The largest absolute Gasteiger partial charge is 0.593 e. The van der Waals surface area contributed by atoms with Crippen LogP contribution in [0.25, 0.3) is 10.8 Å². The summed E-state index contributed by atoms with van der Waals surface area (Å²) in [5, 5.41) is 11.8. The van der Waals surface area contributed by atoms with Crippen molar-refractivity contribution in [3.63, 3.8) is 0 Å². The number of fused-ring (bicyclic) bond motifs is 1. The van der Waals surface area contributed by atoms with Gasteiger partial charge in [-0.1, -0.05) is 44.2 Å². The van der Waals surface area contributed by atoms with E-state index >= 15 is 0 Å². The molecular formula is C19H26N2O2S. The zero-order chi connectivity index (χ0) is 17.1. The van der Waals surface area contributed by atoms with Gasteiger partial charge in [-0.15, -0.1) is 4.31 Å². The van der Waals surface area contributed by atoms with Crippen LogP contribution in [0, 0.1) is 5.92 Å². The van der Waals surface area contributed by atoms with Crippen LogP contribution in [0.15, 0.2) is 47.4 Å². The quantitative estimate of drug-likeness (QED) is 0.845. The highest BCUT2D eigenvalue weighted by molar-refractivity contribution is 7.89. The number of rotatable bonds is 5. The van der Waals surface area contributed by atoms with Gasteiger partial charge in [0.05, 0.1) is 31.1 Å². The van der Waals surface area contributed by atoms with Crippen molar-refractivity contribution in [1.82, 2.24) is 9.21 Å². The summed E-state index contributed by atoms with van der Waals surface area (Å²) in [4.78, 5) is 3.21. The van der Waals surface area contributed by atoms with E-state index in [1.54, 1.807) is 0 Å². The van der Waals surface area contributed by atoms with Gasteiger partial charge in [0, 0.05) is 24.5 Å². The summed E-state index contributed by atoms with van der Waals surface area (Å²) in [6.07, 6.45) is 0. The minimum absolute atomic E-state index is 0.185. The van der Waals surface area contributed by atoms with Gasteiger partial charge in [-0.2, -0.15) is 0 Å². The molecule has 0 radical (unpaired) electrons. The Balaban J connectivity index is 1.72. The van der Waals surface area contributed by atoms with E-state index in [4.69, 9.17) is 0 Å². The van der Waals surface area contributed by atoms with Crippen molar-refractivity contribution in [3.8, 4) is 0 Å². The summed E-state index contributed by atoms with van der Waals surface area (Å²) in [7, 11) is 0. The summed E-state index contributed by atoms with van der Waals surface area (Å²) in [5.74, 6) is 0.421. The van der Waals surface area contributed by atoms with Crippen molar-refractivity contribution in [2.45, 2.75) is 24.8 Å². The Labute approximate surface area is 147 Å². The lowest BCUT2D eigenvalue weighted by Crippen LogP contribution is -2.54. The normalized spacial score (nSPS) is 19.7. The van der Waals surface area contributed by atoms with E-state index in [-0.39, 0.29) is 12.6 Å². The van der Waals surface area contributed by atoms with Crippen LogP contribution in [-0.4, -0.2) is 57.7 Å². The molecule has 0 bridgehead atoms. The van der Waals surface area contributed by atoms with E-state index in [0.717, 1.165) is 41.8 Å². The molecule has 24 heavy (non-hydrogen) atoms. The Morgan fingerprint density at radius 2 is 1.71 bits per heavy atom. The number of benzene rings is 2. The average molecular weight is 346 g/mol. The SMILES string of the molecule is CC(C)[C@H](CO)N1CCN([S+]([O-])c2cccc3ccccc23)CC1. The molecule has 2 aromatic carbocycles. The molecule has 2 atom stereocenters. The Bertz CT molecular complexity index is 666. The van der Waals surface area contributed by atoms with Gasteiger partial charge < -0.3 is 9.66 Å². The summed E-state index contributed by atoms with van der Waals surface area (Å²) < 4.78 is 15.1. The maximum atomic E-state index is 13.1. The summed E-state index contributed by atoms with van der Waals surface area (Å²) in [5.41, 5.74) is 0. The Morgan fingerprint density at radius 3 is 2.38 bits per heavy atom. The number of nitrogens with zero attached hydrogens (tertiary/aromatic N) is 2. The Hall–Kier alpha value is -1.11. The Kier molecular flexibility index (Phi) is 5.79. The van der Waals surface area contributed by atoms with Crippen LogP contribution in [-0.2, 0) is 11.4 Å². The molecule has 1 N–H and O–H groups in total. The maximum Gasteiger partial charge on any atom is 0.181 e. The first-order valence-electron chi connectivity index (χ1n) is 8.61. The number of hydrogen-bond donors (Lipinski definition) is 1. The lowest BCUT2D eigenvalue weighted by Gasteiger charge is -2.39. The number of hydrogen-bond acceptors (Lipinski definition) is 4. The van der Waals surface area contributed by atoms with Gasteiger partial charge >= 0.3 is 0 Å². The standard InChI is InChI=1S/C19H26N2O2S/c1-15(2)18(14-22)20-10-12-21(13-11-20)24(23)19-9-5-7-16-6-3-4-8-17(16)19/h3-9,15,18,22H,10-14H2,1-2H3/t18-,24?/m0/s1. The van der Waals surface area contributed by atoms with Crippen molar-refractivity contribution in [2.24, 2.45) is 5.92 Å². The fraction of sp³-hybridized carbons (Fsp3) is 0.474. The molecule has 2 aromatic rings. The summed E-state index contributed by atoms with van der Waals surface area (Å²) in [6, 6.07) is 14.3. The molecule has 1 fully saturated rings. The molecule has 1 aliphatic heterocycles. The Morgan fingerprint density at radius 1 is 1.04 bits per heavy atom. The van der Waals surface area contributed by atoms with Gasteiger partial charge in [0.2, 0.25) is 0 Å². The van der Waals surface area contributed by atoms with Crippen molar-refractivity contribution in [2.75, 3.05) is 32.8 Å². The van der Waals surface area contributed by atoms with Crippen molar-refractivity contribution >= 4 is 22.1 Å². The molecule has 0 aromatic heterocycles. The molecule has 1 saturated heterocycles. The third-order valence-electron chi connectivity index (χ3n) is 4.87. The third-order valence-corrected chi connectivity index (χ3v) is 6.44. The minimum atomic E-state index is -1.14. The molecule has 130 valence electrons. The molecule has 0 amide bonds. The van der Waals surface area contributed by atoms with Gasteiger partial charge in [0.1, 0.15) is 0 Å². The van der Waals surface area contributed by atoms with Crippen LogP contribution in [0.2, 0.25) is 0 Å². The van der Waals surface area contributed by atoms with Crippen LogP contribution in [0.4, 0.5) is 0 Å². The summed E-state index contributed by atoms with van der Waals surface area (Å²) in [6.45, 7) is 7.69. The molecule has 0 spiro atoms. The number of piperazine rings is 1. The molecule has 1 aliphatic rings. The highest BCUT2D eigenvalue weighted by Gasteiger charge is 2.31. The second kappa shape index (κ2) is 7.85. The highest BCUT2D eigenvalue weighted by atomic mass is 32.2. The summed E-state index contributed by atoms with van der Waals surface area (Å²) >= 11 is -1.14. The van der Waals surface area contributed by atoms with Gasteiger partial charge in [-0.25, -0.2) is 0 Å². The molecule has 5 heteroatoms. The number of aliphatic hydroxyl groups is 1. The average Bonchev–Trinajstić information content (AvgIpc) is 2.61. The first kappa shape index (κ1) is 17.7. The minimum Gasteiger partial charge on any atom is -0.593 e. The first-order chi connectivity index (χ1) is 11.6. The topological polar surface area (TPSA) is 49.8 Å². The predicted octanol–water partition coefficient (Wildman–Crippen LogP) is 2.50. The van der Waals surface area contributed by atoms with E-state index in [1.807, 2.05) is 34.6 Å². The second-order valence-electron chi connectivity index (χ2n) is 6.69. The third kappa shape index (κ3) is 3.60. The molecular weight excluding hydrogens is 320 g/mol. The zero-order valence-corrected chi connectivity index (χ0v) is 15.2. The first-order valence-corrected chi connectivity index (χ1v) is 9.72. The zero-order valence-electron chi connectivity index (χ0n) is 14.4. The fourth-order valence-corrected chi connectivity index (χ4v) is 4.78. The van der Waals surface area contributed by atoms with E-state index in [9.17, 15) is 9.66 Å². The smallest absolute Gasteiger partial charge is 0.181 e. The lowest BCUT2D eigenvalue weighted by molar-refractivity contribution is 0.0644. The van der Waals surface area contributed by atoms with Crippen LogP contribution in [0.5, 0.6) is 0 Å². The van der Waals surface area contributed by atoms with Gasteiger partial charge in [0.25, 0.3) is 0 Å². The van der Waals surface area contributed by atoms with E-state index < -0.39 is 11.4 Å². The highest BCUT2D eigenvalue weighted by Crippen LogP contribution is 2.26. The monoisotopic (exact) mass is 346 g/mol. The van der Waals surface area contributed by atoms with E-state index in [1.165, 1.54) is 0 Å². The predicted molar refractivity (Wildman–Crippen MR) is 99.2 cm³/mol. The van der Waals surface area contributed by atoms with Crippen LogP contribution in [0.3, 0.4) is 0 Å². The molecule has 3 rings (SSSR count). The van der Waals surface area contributed by atoms with Crippen molar-refractivity contribution < 1.29 is 9.66 Å². The van der Waals surface area contributed by atoms with Crippen molar-refractivity contribution in [1.29, 1.82) is 0 Å². The maximum absolute atomic E-state index is 13.1. The van der Waals surface area contributed by atoms with Crippen LogP contribution >= 0.6 is 0 Å². The number of aliphatic hydroxyl groups excluding tert-OH is 1. The fourth-order valence-electron chi connectivity index (χ4n) is 3.44. The molecule has 0 aliphatic carbocycles. The van der Waals surface area contributed by atoms with Gasteiger partial charge in [-0.3, -0.25) is 4.90 Å². The lowest BCUT2D eigenvalue weighted by atomic mass is 10.0. The van der Waals surface area contributed by atoms with E-state index in [2.05, 4.69) is 30.9 Å². The van der Waals surface area contributed by atoms with Gasteiger partial charge in [0.15, 0.2) is 4.90 Å². The molecule has 1 unspecified atom stereocenters. The van der Waals surface area contributed by atoms with Gasteiger partial charge in [-0.05, 0) is 23.4 Å². The van der Waals surface area contributed by atoms with Crippen LogP contribution < -0.4 is 0 Å². The van der Waals surface area contributed by atoms with Crippen LogP contribution in [0.1, 0.15) is 13.8 Å². The van der Waals surface area contributed by atoms with E-state index in [0.29, 0.717) is 5.92 Å². The molecule has 4 nitrogen and oxygen atoms in total. The van der Waals surface area contributed by atoms with Crippen molar-refractivity contribution in [3.05, 3.63) is 42.5 Å². The second-order valence-corrected chi connectivity index (χ2v) is 8.14. The molecule has 1 heterocycles.